The summed E-state index contributed by atoms with van der Waals surface area (Å²) >= 11 is 0. The van der Waals surface area contributed by atoms with Crippen molar-refractivity contribution >= 4 is 16.9 Å². The van der Waals surface area contributed by atoms with E-state index < -0.39 is 5.82 Å². The van der Waals surface area contributed by atoms with Gasteiger partial charge in [0, 0.05) is 32.2 Å². The minimum Gasteiger partial charge on any atom is -0.381 e. The number of benzene rings is 1. The quantitative estimate of drug-likeness (QED) is 0.885. The van der Waals surface area contributed by atoms with Crippen molar-refractivity contribution in [2.75, 3.05) is 19.8 Å². The predicted octanol–water partition coefficient (Wildman–Crippen LogP) is 1.01. The van der Waals surface area contributed by atoms with Crippen LogP contribution in [0.3, 0.4) is 0 Å². The van der Waals surface area contributed by atoms with Gasteiger partial charge >= 0.3 is 5.69 Å². The number of amides is 1. The molecule has 0 saturated carbocycles. The molecule has 2 N–H and O–H groups in total. The Bertz CT molecular complexity index is 731. The Morgan fingerprint density at radius 2 is 2.18 bits per heavy atom. The van der Waals surface area contributed by atoms with Gasteiger partial charge in [0.25, 0.3) is 0 Å². The highest BCUT2D eigenvalue weighted by Crippen LogP contribution is 2.14. The normalized spacial score (nSPS) is 16.0. The standard InChI is InChI=1S/C15H18FN3O3/c16-11-1-2-13-12(9-11)18-15(21)19(13)6-5-17-14(20)10-3-7-22-8-4-10/h1-2,9-10H,3-8H2,(H,17,20)(H,18,21). The van der Waals surface area contributed by atoms with Gasteiger partial charge in [0.05, 0.1) is 11.0 Å². The highest BCUT2D eigenvalue weighted by atomic mass is 19.1. The van der Waals surface area contributed by atoms with E-state index in [9.17, 15) is 14.0 Å². The van der Waals surface area contributed by atoms with Gasteiger partial charge in [-0.15, -0.1) is 0 Å². The van der Waals surface area contributed by atoms with Crippen molar-refractivity contribution in [3.8, 4) is 0 Å². The summed E-state index contributed by atoms with van der Waals surface area (Å²) < 4.78 is 19.9. The molecular formula is C15H18FN3O3. The number of hydrogen-bond donors (Lipinski definition) is 2. The summed E-state index contributed by atoms with van der Waals surface area (Å²) in [5.74, 6) is -0.404. The van der Waals surface area contributed by atoms with Crippen LogP contribution in [0.2, 0.25) is 0 Å². The highest BCUT2D eigenvalue weighted by molar-refractivity contribution is 5.78. The fourth-order valence-electron chi connectivity index (χ4n) is 2.75. The molecule has 0 bridgehead atoms. The first kappa shape index (κ1) is 14.8. The zero-order valence-corrected chi connectivity index (χ0v) is 12.1. The Labute approximate surface area is 126 Å². The summed E-state index contributed by atoms with van der Waals surface area (Å²) in [6.45, 7) is 1.94. The molecule has 1 aromatic carbocycles. The van der Waals surface area contributed by atoms with E-state index >= 15 is 0 Å². The van der Waals surface area contributed by atoms with Gasteiger partial charge in [0.2, 0.25) is 5.91 Å². The lowest BCUT2D eigenvalue weighted by molar-refractivity contribution is -0.127. The van der Waals surface area contributed by atoms with Crippen molar-refractivity contribution in [3.63, 3.8) is 0 Å². The third-order valence-corrected chi connectivity index (χ3v) is 3.96. The number of imidazole rings is 1. The first-order valence-corrected chi connectivity index (χ1v) is 7.38. The topological polar surface area (TPSA) is 76.1 Å². The average Bonchev–Trinajstić information content (AvgIpc) is 2.83. The second-order valence-electron chi connectivity index (χ2n) is 5.42. The first-order valence-electron chi connectivity index (χ1n) is 7.38. The van der Waals surface area contributed by atoms with E-state index in [0.29, 0.717) is 37.3 Å². The number of halogens is 1. The monoisotopic (exact) mass is 307 g/mol. The Hall–Kier alpha value is -2.15. The summed E-state index contributed by atoms with van der Waals surface area (Å²) in [6, 6.07) is 4.16. The molecule has 2 heterocycles. The lowest BCUT2D eigenvalue weighted by Crippen LogP contribution is -2.36. The fourth-order valence-corrected chi connectivity index (χ4v) is 2.75. The maximum absolute atomic E-state index is 13.1. The van der Waals surface area contributed by atoms with Gasteiger partial charge in [0.1, 0.15) is 5.82 Å². The number of carbonyl (C=O) groups is 1. The largest absolute Gasteiger partial charge is 0.381 e. The van der Waals surface area contributed by atoms with Crippen LogP contribution in [0.25, 0.3) is 11.0 Å². The second kappa shape index (κ2) is 6.31. The summed E-state index contributed by atoms with van der Waals surface area (Å²) in [4.78, 5) is 26.5. The molecule has 2 aromatic rings. The zero-order chi connectivity index (χ0) is 15.5. The van der Waals surface area contributed by atoms with Crippen LogP contribution in [0.1, 0.15) is 12.8 Å². The summed E-state index contributed by atoms with van der Waals surface area (Å²) in [5, 5.41) is 2.85. The molecule has 1 amide bonds. The molecule has 1 aromatic heterocycles. The van der Waals surface area contributed by atoms with Gasteiger partial charge in [-0.25, -0.2) is 9.18 Å². The number of fused-ring (bicyclic) bond motifs is 1. The highest BCUT2D eigenvalue weighted by Gasteiger charge is 2.21. The van der Waals surface area contributed by atoms with Crippen molar-refractivity contribution in [2.24, 2.45) is 5.92 Å². The summed E-state index contributed by atoms with van der Waals surface area (Å²) in [6.07, 6.45) is 1.47. The van der Waals surface area contributed by atoms with Gasteiger partial charge in [-0.3, -0.25) is 9.36 Å². The molecule has 1 aliphatic heterocycles. The van der Waals surface area contributed by atoms with E-state index in [0.717, 1.165) is 12.8 Å². The van der Waals surface area contributed by atoms with Crippen molar-refractivity contribution in [1.29, 1.82) is 0 Å². The number of carbonyl (C=O) groups excluding carboxylic acids is 1. The van der Waals surface area contributed by atoms with E-state index in [1.165, 1.54) is 16.7 Å². The van der Waals surface area contributed by atoms with Gasteiger partial charge in [-0.05, 0) is 31.0 Å². The number of nitrogens with zero attached hydrogens (tertiary/aromatic N) is 1. The third kappa shape index (κ3) is 3.04. The van der Waals surface area contributed by atoms with Crippen LogP contribution in [-0.2, 0) is 16.1 Å². The van der Waals surface area contributed by atoms with Crippen LogP contribution in [0, 0.1) is 11.7 Å². The number of H-pyrrole nitrogens is 1. The Balaban J connectivity index is 1.63. The summed E-state index contributed by atoms with van der Waals surface area (Å²) in [7, 11) is 0. The number of rotatable bonds is 4. The number of nitrogens with one attached hydrogen (secondary N) is 2. The van der Waals surface area contributed by atoms with Crippen LogP contribution < -0.4 is 11.0 Å². The minimum atomic E-state index is -0.395. The molecule has 22 heavy (non-hydrogen) atoms. The second-order valence-corrected chi connectivity index (χ2v) is 5.42. The average molecular weight is 307 g/mol. The number of hydrogen-bond acceptors (Lipinski definition) is 3. The van der Waals surface area contributed by atoms with E-state index in [1.54, 1.807) is 6.07 Å². The molecule has 1 saturated heterocycles. The Morgan fingerprint density at radius 1 is 1.41 bits per heavy atom. The van der Waals surface area contributed by atoms with Crippen LogP contribution in [0.15, 0.2) is 23.0 Å². The molecule has 7 heteroatoms. The molecule has 0 unspecified atom stereocenters. The Morgan fingerprint density at radius 3 is 2.95 bits per heavy atom. The number of aromatic nitrogens is 2. The van der Waals surface area contributed by atoms with Crippen molar-refractivity contribution in [3.05, 3.63) is 34.5 Å². The van der Waals surface area contributed by atoms with Gasteiger partial charge < -0.3 is 15.0 Å². The van der Waals surface area contributed by atoms with E-state index in [4.69, 9.17) is 4.74 Å². The van der Waals surface area contributed by atoms with Crippen molar-refractivity contribution in [2.45, 2.75) is 19.4 Å². The first-order chi connectivity index (χ1) is 10.6. The Kier molecular flexibility index (Phi) is 4.24. The van der Waals surface area contributed by atoms with Crippen LogP contribution in [-0.4, -0.2) is 35.2 Å². The maximum Gasteiger partial charge on any atom is 0.326 e. The predicted molar refractivity (Wildman–Crippen MR) is 79.1 cm³/mol. The van der Waals surface area contributed by atoms with E-state index in [1.807, 2.05) is 0 Å². The lowest BCUT2D eigenvalue weighted by Gasteiger charge is -2.21. The molecule has 3 rings (SSSR count). The van der Waals surface area contributed by atoms with Crippen LogP contribution in [0.5, 0.6) is 0 Å². The number of aromatic amines is 1. The van der Waals surface area contributed by atoms with E-state index in [2.05, 4.69) is 10.3 Å². The molecule has 0 aliphatic carbocycles. The SMILES string of the molecule is O=C(NCCn1c(=O)[nH]c2cc(F)ccc21)C1CCOCC1. The molecule has 1 fully saturated rings. The maximum atomic E-state index is 13.1. The third-order valence-electron chi connectivity index (χ3n) is 3.96. The molecular weight excluding hydrogens is 289 g/mol. The molecule has 0 radical (unpaired) electrons. The number of ether oxygens (including phenoxy) is 1. The smallest absolute Gasteiger partial charge is 0.326 e. The van der Waals surface area contributed by atoms with Crippen LogP contribution in [0.4, 0.5) is 4.39 Å². The van der Waals surface area contributed by atoms with Gasteiger partial charge in [-0.2, -0.15) is 0 Å². The summed E-state index contributed by atoms with van der Waals surface area (Å²) in [5.41, 5.74) is 0.786. The lowest BCUT2D eigenvalue weighted by atomic mass is 9.99. The van der Waals surface area contributed by atoms with Gasteiger partial charge in [0.15, 0.2) is 0 Å². The van der Waals surface area contributed by atoms with Crippen molar-refractivity contribution in [1.82, 2.24) is 14.9 Å². The van der Waals surface area contributed by atoms with E-state index in [-0.39, 0.29) is 17.5 Å². The molecule has 1 aliphatic rings. The van der Waals surface area contributed by atoms with Gasteiger partial charge in [-0.1, -0.05) is 0 Å². The minimum absolute atomic E-state index is 0.00207. The molecule has 118 valence electrons. The zero-order valence-electron chi connectivity index (χ0n) is 12.1. The molecule has 6 nitrogen and oxygen atoms in total. The fraction of sp³-hybridized carbons (Fsp3) is 0.467. The van der Waals surface area contributed by atoms with Crippen LogP contribution >= 0.6 is 0 Å². The molecule has 0 spiro atoms. The molecule has 0 atom stereocenters. The van der Waals surface area contributed by atoms with Crippen molar-refractivity contribution < 1.29 is 13.9 Å².